The molecule has 2 aliphatic heterocycles. The van der Waals surface area contributed by atoms with Crippen molar-refractivity contribution in [2.24, 2.45) is 0 Å². The molecule has 2 N–H and O–H groups in total. The molecule has 0 aliphatic carbocycles. The number of carbonyl (C=O) groups excluding carboxylic acids is 1. The molecule has 8 nitrogen and oxygen atoms in total. The van der Waals surface area contributed by atoms with Gasteiger partial charge in [-0.3, -0.25) is 14.9 Å². The number of likely N-dealkylation sites (N-methyl/N-ethyl adjacent to an activating group) is 1. The summed E-state index contributed by atoms with van der Waals surface area (Å²) in [5.74, 6) is -0.182. The van der Waals surface area contributed by atoms with E-state index in [1.54, 1.807) is 11.3 Å². The van der Waals surface area contributed by atoms with Gasteiger partial charge in [-0.05, 0) is 25.1 Å². The predicted molar refractivity (Wildman–Crippen MR) is 83.5 cm³/mol. The highest BCUT2D eigenvalue weighted by Gasteiger charge is 2.34. The summed E-state index contributed by atoms with van der Waals surface area (Å²) in [6, 6.07) is 2.79. The highest BCUT2D eigenvalue weighted by molar-refractivity contribution is 7.16. The third-order valence-corrected chi connectivity index (χ3v) is 5.25. The van der Waals surface area contributed by atoms with Crippen molar-refractivity contribution >= 4 is 28.1 Å². The van der Waals surface area contributed by atoms with Crippen LogP contribution in [0.4, 0.5) is 10.9 Å². The molecule has 1 amide bonds. The van der Waals surface area contributed by atoms with E-state index in [0.29, 0.717) is 11.3 Å². The van der Waals surface area contributed by atoms with Crippen LogP contribution >= 0.6 is 11.3 Å². The molecule has 0 bridgehead atoms. The average Bonchev–Trinajstić information content (AvgIpc) is 3.10. The van der Waals surface area contributed by atoms with Gasteiger partial charge in [0.15, 0.2) is 11.9 Å². The van der Waals surface area contributed by atoms with Crippen LogP contribution in [0.5, 0.6) is 0 Å². The lowest BCUT2D eigenvalue weighted by atomic mass is 10.0. The number of carbonyl (C=O) groups is 1. The molecular formula is C14H14N4O4S. The molecule has 0 fully saturated rings. The van der Waals surface area contributed by atoms with Crippen LogP contribution in [0.3, 0.4) is 0 Å². The van der Waals surface area contributed by atoms with Gasteiger partial charge in [0.05, 0.1) is 11.6 Å². The molecule has 4 rings (SSSR count). The molecule has 0 aromatic carbocycles. The Hall–Kier alpha value is -2.39. The van der Waals surface area contributed by atoms with Crippen molar-refractivity contribution in [1.29, 1.82) is 0 Å². The minimum atomic E-state index is -0.598. The summed E-state index contributed by atoms with van der Waals surface area (Å²) in [6.45, 7) is 1.76. The lowest BCUT2D eigenvalue weighted by Crippen LogP contribution is -2.38. The maximum absolute atomic E-state index is 12.5. The fourth-order valence-corrected chi connectivity index (χ4v) is 4.33. The van der Waals surface area contributed by atoms with Crippen LogP contribution in [0.1, 0.15) is 32.7 Å². The fourth-order valence-electron chi connectivity index (χ4n) is 2.98. The zero-order valence-electron chi connectivity index (χ0n) is 12.3. The van der Waals surface area contributed by atoms with Crippen LogP contribution in [0, 0.1) is 10.1 Å². The summed E-state index contributed by atoms with van der Waals surface area (Å²) in [6.07, 6.45) is 0.255. The molecule has 1 unspecified atom stereocenters. The van der Waals surface area contributed by atoms with Crippen LogP contribution in [-0.2, 0) is 13.0 Å². The lowest BCUT2D eigenvalue weighted by Gasteiger charge is -2.25. The molecule has 2 aromatic rings. The molecule has 4 heterocycles. The Morgan fingerprint density at radius 2 is 2.26 bits per heavy atom. The Balaban J connectivity index is 1.67. The number of hydrogen-bond donors (Lipinski definition) is 2. The topological polar surface area (TPSA) is 101 Å². The molecule has 9 heteroatoms. The Bertz CT molecular complexity index is 812. The maximum Gasteiger partial charge on any atom is 0.433 e. The van der Waals surface area contributed by atoms with E-state index in [2.05, 4.69) is 22.6 Å². The number of nitrogens with one attached hydrogen (secondary N) is 2. The number of furan rings is 1. The van der Waals surface area contributed by atoms with Gasteiger partial charge in [0, 0.05) is 18.0 Å². The number of hydrogen-bond acceptors (Lipinski definition) is 7. The first-order valence-corrected chi connectivity index (χ1v) is 7.99. The number of fused-ring (bicyclic) bond motifs is 3. The molecule has 23 heavy (non-hydrogen) atoms. The highest BCUT2D eigenvalue weighted by atomic mass is 32.1. The van der Waals surface area contributed by atoms with Crippen molar-refractivity contribution in [1.82, 2.24) is 10.2 Å². The molecule has 0 radical (unpaired) electrons. The van der Waals surface area contributed by atoms with Crippen molar-refractivity contribution in [3.63, 3.8) is 0 Å². The van der Waals surface area contributed by atoms with Crippen molar-refractivity contribution in [3.05, 3.63) is 44.0 Å². The number of nitro groups is 1. The first kappa shape index (κ1) is 14.2. The minimum Gasteiger partial charge on any atom is -0.402 e. The smallest absolute Gasteiger partial charge is 0.402 e. The van der Waals surface area contributed by atoms with E-state index >= 15 is 0 Å². The lowest BCUT2D eigenvalue weighted by molar-refractivity contribution is -0.402. The third kappa shape index (κ3) is 2.28. The average molecular weight is 334 g/mol. The third-order valence-electron chi connectivity index (χ3n) is 4.10. The second-order valence-electron chi connectivity index (χ2n) is 5.68. The molecule has 0 spiro atoms. The van der Waals surface area contributed by atoms with Gasteiger partial charge in [0.25, 0.3) is 5.91 Å². The summed E-state index contributed by atoms with van der Waals surface area (Å²) in [5, 5.41) is 17.6. The first-order chi connectivity index (χ1) is 11.0. The zero-order chi connectivity index (χ0) is 16.1. The second kappa shape index (κ2) is 5.07. The van der Waals surface area contributed by atoms with E-state index in [0.717, 1.165) is 30.1 Å². The number of anilines is 1. The Labute approximate surface area is 135 Å². The monoisotopic (exact) mass is 334 g/mol. The SMILES string of the molecule is CN1CCc2c(sc3c2C(=O)NC(c2ccc([N+](=O)[O-])o2)N3)C1. The van der Waals surface area contributed by atoms with Crippen molar-refractivity contribution < 1.29 is 14.1 Å². The number of amides is 1. The largest absolute Gasteiger partial charge is 0.433 e. The van der Waals surface area contributed by atoms with Gasteiger partial charge in [-0.25, -0.2) is 0 Å². The van der Waals surface area contributed by atoms with Crippen molar-refractivity contribution in [2.75, 3.05) is 18.9 Å². The molecule has 2 aliphatic rings. The predicted octanol–water partition coefficient (Wildman–Crippen LogP) is 2.09. The van der Waals surface area contributed by atoms with E-state index in [9.17, 15) is 14.9 Å². The summed E-state index contributed by atoms with van der Waals surface area (Å²) < 4.78 is 5.19. The Kier molecular flexibility index (Phi) is 3.13. The van der Waals surface area contributed by atoms with Gasteiger partial charge in [-0.1, -0.05) is 0 Å². The quantitative estimate of drug-likeness (QED) is 0.644. The van der Waals surface area contributed by atoms with Gasteiger partial charge in [0.1, 0.15) is 9.92 Å². The van der Waals surface area contributed by atoms with Crippen LogP contribution < -0.4 is 10.6 Å². The van der Waals surface area contributed by atoms with E-state index in [-0.39, 0.29) is 11.8 Å². The van der Waals surface area contributed by atoms with Crippen molar-refractivity contribution in [3.8, 4) is 0 Å². The Morgan fingerprint density at radius 1 is 1.43 bits per heavy atom. The van der Waals surface area contributed by atoms with E-state index in [1.807, 2.05) is 0 Å². The van der Waals surface area contributed by atoms with Gasteiger partial charge >= 0.3 is 5.88 Å². The number of rotatable bonds is 2. The second-order valence-corrected chi connectivity index (χ2v) is 6.78. The highest BCUT2D eigenvalue weighted by Crippen LogP contribution is 2.40. The normalized spacial score (nSPS) is 20.4. The fraction of sp³-hybridized carbons (Fsp3) is 0.357. The maximum atomic E-state index is 12.5. The number of nitrogens with zero attached hydrogens (tertiary/aromatic N) is 2. The molecule has 2 aromatic heterocycles. The minimum absolute atomic E-state index is 0.162. The van der Waals surface area contributed by atoms with Gasteiger partial charge < -0.3 is 20.0 Å². The molecule has 0 saturated carbocycles. The van der Waals surface area contributed by atoms with Crippen LogP contribution in [-0.4, -0.2) is 29.3 Å². The summed E-state index contributed by atoms with van der Waals surface area (Å²) in [7, 11) is 2.06. The summed E-state index contributed by atoms with van der Waals surface area (Å²) in [4.78, 5) is 26.0. The van der Waals surface area contributed by atoms with Crippen LogP contribution in [0.2, 0.25) is 0 Å². The Morgan fingerprint density at radius 3 is 3.00 bits per heavy atom. The first-order valence-electron chi connectivity index (χ1n) is 7.17. The molecule has 120 valence electrons. The van der Waals surface area contributed by atoms with Gasteiger partial charge in [0.2, 0.25) is 0 Å². The van der Waals surface area contributed by atoms with Gasteiger partial charge in [-0.15, -0.1) is 11.3 Å². The standard InChI is InChI=1S/C14H14N4O4S/c1-17-5-4-7-9(6-17)23-14-11(7)13(19)15-12(16-14)8-2-3-10(22-8)18(20)21/h2-3,12,16H,4-6H2,1H3,(H,15,19). The molecular weight excluding hydrogens is 320 g/mol. The molecule has 0 saturated heterocycles. The van der Waals surface area contributed by atoms with Crippen molar-refractivity contribution in [2.45, 2.75) is 19.1 Å². The van der Waals surface area contributed by atoms with Crippen LogP contribution in [0.25, 0.3) is 0 Å². The summed E-state index contributed by atoms with van der Waals surface area (Å²) >= 11 is 1.57. The zero-order valence-corrected chi connectivity index (χ0v) is 13.1. The van der Waals surface area contributed by atoms with E-state index in [4.69, 9.17) is 4.42 Å². The molecule has 1 atom stereocenters. The van der Waals surface area contributed by atoms with E-state index < -0.39 is 11.1 Å². The van der Waals surface area contributed by atoms with E-state index in [1.165, 1.54) is 17.0 Å². The van der Waals surface area contributed by atoms with Gasteiger partial charge in [-0.2, -0.15) is 0 Å². The summed E-state index contributed by atoms with van der Waals surface area (Å²) in [5.41, 5.74) is 1.81. The number of thiophene rings is 1. The van der Waals surface area contributed by atoms with Crippen LogP contribution in [0.15, 0.2) is 16.5 Å².